The van der Waals surface area contributed by atoms with E-state index in [1.807, 2.05) is 24.9 Å². The Morgan fingerprint density at radius 2 is 1.81 bits per heavy atom. The quantitative estimate of drug-likeness (QED) is 0.758. The first-order valence-corrected chi connectivity index (χ1v) is 8.82. The third-order valence-electron chi connectivity index (χ3n) is 4.40. The van der Waals surface area contributed by atoms with Gasteiger partial charge in [-0.1, -0.05) is 12.1 Å². The number of carbonyl (C=O) groups excluding carboxylic acids is 3. The van der Waals surface area contributed by atoms with Crippen LogP contribution in [0.25, 0.3) is 0 Å². The molecule has 1 aliphatic rings. The van der Waals surface area contributed by atoms with Gasteiger partial charge >= 0.3 is 0 Å². The van der Waals surface area contributed by atoms with Gasteiger partial charge in [-0.3, -0.25) is 24.2 Å². The van der Waals surface area contributed by atoms with Crippen molar-refractivity contribution in [1.82, 2.24) is 14.8 Å². The average molecular weight is 366 g/mol. The van der Waals surface area contributed by atoms with Crippen LogP contribution in [0, 0.1) is 6.92 Å². The minimum Gasteiger partial charge on any atom is -0.310 e. The number of amides is 3. The number of rotatable bonds is 7. The van der Waals surface area contributed by atoms with Crippen molar-refractivity contribution >= 4 is 23.5 Å². The Morgan fingerprint density at radius 3 is 2.44 bits per heavy atom. The summed E-state index contributed by atoms with van der Waals surface area (Å²) in [6, 6.07) is 10.5. The lowest BCUT2D eigenvalue weighted by Gasteiger charge is -2.18. The number of hydrogen-bond acceptors (Lipinski definition) is 5. The molecule has 0 radical (unpaired) electrons. The highest BCUT2D eigenvalue weighted by atomic mass is 16.2. The van der Waals surface area contributed by atoms with Crippen molar-refractivity contribution in [3.63, 3.8) is 0 Å². The van der Waals surface area contributed by atoms with Crippen LogP contribution in [-0.4, -0.2) is 59.2 Å². The van der Waals surface area contributed by atoms with Crippen LogP contribution >= 0.6 is 0 Å². The number of anilines is 1. The molecule has 1 aliphatic heterocycles. The van der Waals surface area contributed by atoms with Crippen LogP contribution in [-0.2, 0) is 4.79 Å². The van der Waals surface area contributed by atoms with Gasteiger partial charge in [-0.2, -0.15) is 0 Å². The molecule has 3 amide bonds. The SMILES string of the molecule is Cc1ccnc(NC(=O)CN(C)CCCN2C(=O)c3ccccc3C2=O)c1. The highest BCUT2D eigenvalue weighted by Crippen LogP contribution is 2.22. The fraction of sp³-hybridized carbons (Fsp3) is 0.300. The molecule has 0 unspecified atom stereocenters. The maximum absolute atomic E-state index is 12.3. The lowest BCUT2D eigenvalue weighted by Crippen LogP contribution is -2.35. The molecule has 0 spiro atoms. The molecule has 0 saturated carbocycles. The minimum atomic E-state index is -0.249. The highest BCUT2D eigenvalue weighted by Gasteiger charge is 2.34. The van der Waals surface area contributed by atoms with Crippen LogP contribution in [0.5, 0.6) is 0 Å². The summed E-state index contributed by atoms with van der Waals surface area (Å²) in [7, 11) is 1.83. The number of imide groups is 1. The van der Waals surface area contributed by atoms with Gasteiger partial charge in [0.15, 0.2) is 0 Å². The largest absolute Gasteiger partial charge is 0.310 e. The molecule has 0 atom stereocenters. The molecule has 2 aromatic rings. The second-order valence-corrected chi connectivity index (χ2v) is 6.67. The van der Waals surface area contributed by atoms with Gasteiger partial charge in [-0.05, 0) is 50.2 Å². The van der Waals surface area contributed by atoms with Crippen LogP contribution in [0.2, 0.25) is 0 Å². The van der Waals surface area contributed by atoms with E-state index in [9.17, 15) is 14.4 Å². The van der Waals surface area contributed by atoms with E-state index in [2.05, 4.69) is 10.3 Å². The fourth-order valence-corrected chi connectivity index (χ4v) is 3.05. The third-order valence-corrected chi connectivity index (χ3v) is 4.40. The molecule has 140 valence electrons. The predicted octanol–water partition coefficient (Wildman–Crippen LogP) is 1.95. The average Bonchev–Trinajstić information content (AvgIpc) is 2.87. The number of aromatic nitrogens is 1. The van der Waals surface area contributed by atoms with Gasteiger partial charge in [-0.15, -0.1) is 0 Å². The summed E-state index contributed by atoms with van der Waals surface area (Å²) in [6.45, 7) is 3.06. The molecular formula is C20H22N4O3. The molecule has 1 aromatic heterocycles. The summed E-state index contributed by atoms with van der Waals surface area (Å²) in [5, 5.41) is 2.76. The zero-order valence-electron chi connectivity index (χ0n) is 15.4. The molecule has 0 fully saturated rings. The number of carbonyl (C=O) groups is 3. The van der Waals surface area contributed by atoms with E-state index >= 15 is 0 Å². The van der Waals surface area contributed by atoms with Crippen molar-refractivity contribution in [1.29, 1.82) is 0 Å². The third kappa shape index (κ3) is 4.38. The highest BCUT2D eigenvalue weighted by molar-refractivity contribution is 6.21. The van der Waals surface area contributed by atoms with Crippen LogP contribution < -0.4 is 5.32 Å². The predicted molar refractivity (Wildman–Crippen MR) is 102 cm³/mol. The first kappa shape index (κ1) is 18.7. The number of hydrogen-bond donors (Lipinski definition) is 1. The molecular weight excluding hydrogens is 344 g/mol. The number of likely N-dealkylation sites (N-methyl/N-ethyl adjacent to an activating group) is 1. The molecule has 1 aromatic carbocycles. The first-order chi connectivity index (χ1) is 13.0. The Morgan fingerprint density at radius 1 is 1.15 bits per heavy atom. The Hall–Kier alpha value is -3.06. The maximum Gasteiger partial charge on any atom is 0.261 e. The van der Waals surface area contributed by atoms with E-state index in [0.29, 0.717) is 36.5 Å². The normalized spacial score (nSPS) is 13.2. The summed E-state index contributed by atoms with van der Waals surface area (Å²) in [6.07, 6.45) is 2.24. The first-order valence-electron chi connectivity index (χ1n) is 8.82. The second kappa shape index (κ2) is 8.09. The van der Waals surface area contributed by atoms with Gasteiger partial charge in [0.1, 0.15) is 5.82 Å². The van der Waals surface area contributed by atoms with E-state index in [4.69, 9.17) is 0 Å². The van der Waals surface area contributed by atoms with Crippen LogP contribution in [0.15, 0.2) is 42.6 Å². The second-order valence-electron chi connectivity index (χ2n) is 6.67. The topological polar surface area (TPSA) is 82.6 Å². The summed E-state index contributed by atoms with van der Waals surface area (Å²) in [4.78, 5) is 43.9. The number of nitrogens with zero attached hydrogens (tertiary/aromatic N) is 3. The van der Waals surface area contributed by atoms with Gasteiger partial charge in [-0.25, -0.2) is 4.98 Å². The van der Waals surface area contributed by atoms with Crippen LogP contribution in [0.1, 0.15) is 32.7 Å². The molecule has 2 heterocycles. The Bertz CT molecular complexity index is 846. The van der Waals surface area contributed by atoms with Crippen LogP contribution in [0.3, 0.4) is 0 Å². The van der Waals surface area contributed by atoms with Crippen molar-refractivity contribution < 1.29 is 14.4 Å². The van der Waals surface area contributed by atoms with Crippen molar-refractivity contribution in [2.45, 2.75) is 13.3 Å². The number of aryl methyl sites for hydroxylation is 1. The van der Waals surface area contributed by atoms with E-state index in [1.165, 1.54) is 4.90 Å². The summed E-state index contributed by atoms with van der Waals surface area (Å²) >= 11 is 0. The Labute approximate surface area is 158 Å². The maximum atomic E-state index is 12.3. The van der Waals surface area contributed by atoms with E-state index < -0.39 is 0 Å². The van der Waals surface area contributed by atoms with E-state index in [1.54, 1.807) is 36.5 Å². The molecule has 0 aliphatic carbocycles. The van der Waals surface area contributed by atoms with Crippen molar-refractivity contribution in [2.75, 3.05) is 32.0 Å². The van der Waals surface area contributed by atoms with Crippen molar-refractivity contribution in [3.8, 4) is 0 Å². The lowest BCUT2D eigenvalue weighted by atomic mass is 10.1. The molecule has 27 heavy (non-hydrogen) atoms. The standard InChI is InChI=1S/C20H22N4O3/c1-14-8-9-21-17(12-14)22-18(25)13-23(2)10-5-11-24-19(26)15-6-3-4-7-16(15)20(24)27/h3-4,6-9,12H,5,10-11,13H2,1-2H3,(H,21,22,25). The Balaban J connectivity index is 1.45. The van der Waals surface area contributed by atoms with Crippen molar-refractivity contribution in [3.05, 3.63) is 59.3 Å². The zero-order valence-corrected chi connectivity index (χ0v) is 15.4. The van der Waals surface area contributed by atoms with E-state index in [0.717, 1.165) is 5.56 Å². The fourth-order valence-electron chi connectivity index (χ4n) is 3.05. The van der Waals surface area contributed by atoms with Crippen LogP contribution in [0.4, 0.5) is 5.82 Å². The van der Waals surface area contributed by atoms with Gasteiger partial charge in [0.05, 0.1) is 17.7 Å². The molecule has 7 nitrogen and oxygen atoms in total. The van der Waals surface area contributed by atoms with Gasteiger partial charge < -0.3 is 5.32 Å². The number of nitrogens with one attached hydrogen (secondary N) is 1. The summed E-state index contributed by atoms with van der Waals surface area (Å²) in [5.41, 5.74) is 1.94. The molecule has 7 heteroatoms. The van der Waals surface area contributed by atoms with Gasteiger partial charge in [0.25, 0.3) is 11.8 Å². The number of pyridine rings is 1. The van der Waals surface area contributed by atoms with Crippen molar-refractivity contribution in [2.24, 2.45) is 0 Å². The zero-order chi connectivity index (χ0) is 19.4. The van der Waals surface area contributed by atoms with Gasteiger partial charge in [0, 0.05) is 19.3 Å². The molecule has 0 saturated heterocycles. The summed E-state index contributed by atoms with van der Waals surface area (Å²) in [5.74, 6) is -0.126. The van der Waals surface area contributed by atoms with E-state index in [-0.39, 0.29) is 24.3 Å². The smallest absolute Gasteiger partial charge is 0.261 e. The minimum absolute atomic E-state index is 0.156. The lowest BCUT2D eigenvalue weighted by molar-refractivity contribution is -0.117. The summed E-state index contributed by atoms with van der Waals surface area (Å²) < 4.78 is 0. The molecule has 1 N–H and O–H groups in total. The Kier molecular flexibility index (Phi) is 5.61. The molecule has 3 rings (SSSR count). The number of fused-ring (bicyclic) bond motifs is 1. The molecule has 0 bridgehead atoms. The number of benzene rings is 1. The monoisotopic (exact) mass is 366 g/mol. The van der Waals surface area contributed by atoms with Gasteiger partial charge in [0.2, 0.25) is 5.91 Å².